The number of nitrogens with two attached hydrogens (primary N) is 1. The molecule has 0 aliphatic rings. The van der Waals surface area contributed by atoms with Gasteiger partial charge in [-0.05, 0) is 23.8 Å². The maximum Gasteiger partial charge on any atom is 0.244 e. The van der Waals surface area contributed by atoms with Crippen molar-refractivity contribution in [3.05, 3.63) is 59.1 Å². The summed E-state index contributed by atoms with van der Waals surface area (Å²) in [6.07, 6.45) is 0. The predicted octanol–water partition coefficient (Wildman–Crippen LogP) is 2.33. The summed E-state index contributed by atoms with van der Waals surface area (Å²) in [5.41, 5.74) is 6.85. The second-order valence-corrected chi connectivity index (χ2v) is 6.84. The van der Waals surface area contributed by atoms with Gasteiger partial charge < -0.3 is 10.5 Å². The standard InChI is InChI=1S/C15H17ClN2O3S/c1-21-14-8-7-12(16)9-15(14)22(19,20)18-10-13(17)11-5-3-2-4-6-11/h2-9,13,18H,10,17H2,1H3. The Morgan fingerprint density at radius 1 is 1.23 bits per heavy atom. The lowest BCUT2D eigenvalue weighted by Gasteiger charge is -2.15. The molecule has 118 valence electrons. The van der Waals surface area contributed by atoms with Crippen LogP contribution in [0, 0.1) is 0 Å². The molecule has 2 aromatic rings. The molecule has 0 aromatic heterocycles. The molecule has 0 bridgehead atoms. The fraction of sp³-hybridized carbons (Fsp3) is 0.200. The van der Waals surface area contributed by atoms with Crippen LogP contribution in [0.2, 0.25) is 5.02 Å². The van der Waals surface area contributed by atoms with Gasteiger partial charge in [0, 0.05) is 17.6 Å². The lowest BCUT2D eigenvalue weighted by molar-refractivity contribution is 0.402. The molecule has 0 heterocycles. The summed E-state index contributed by atoms with van der Waals surface area (Å²) in [5.74, 6) is 0.227. The van der Waals surface area contributed by atoms with Crippen molar-refractivity contribution in [2.45, 2.75) is 10.9 Å². The van der Waals surface area contributed by atoms with Crippen LogP contribution in [0.5, 0.6) is 5.75 Å². The summed E-state index contributed by atoms with van der Waals surface area (Å²) < 4.78 is 32.3. The topological polar surface area (TPSA) is 81.4 Å². The average Bonchev–Trinajstić information content (AvgIpc) is 2.53. The third kappa shape index (κ3) is 3.98. The molecule has 0 aliphatic heterocycles. The Morgan fingerprint density at radius 3 is 2.55 bits per heavy atom. The van der Waals surface area contributed by atoms with Gasteiger partial charge in [0.15, 0.2) is 0 Å². The van der Waals surface area contributed by atoms with E-state index in [9.17, 15) is 8.42 Å². The van der Waals surface area contributed by atoms with Gasteiger partial charge in [0.2, 0.25) is 10.0 Å². The molecule has 1 atom stereocenters. The Kier molecular flexibility index (Phi) is 5.42. The number of methoxy groups -OCH3 is 1. The van der Waals surface area contributed by atoms with Gasteiger partial charge in [-0.25, -0.2) is 13.1 Å². The van der Waals surface area contributed by atoms with Crippen LogP contribution < -0.4 is 15.2 Å². The Balaban J connectivity index is 2.17. The molecule has 0 amide bonds. The number of benzene rings is 2. The summed E-state index contributed by atoms with van der Waals surface area (Å²) in [7, 11) is -2.37. The molecule has 0 fully saturated rings. The van der Waals surface area contributed by atoms with E-state index in [2.05, 4.69) is 4.72 Å². The Bertz CT molecular complexity index is 736. The van der Waals surface area contributed by atoms with Crippen LogP contribution in [0.25, 0.3) is 0 Å². The number of hydrogen-bond acceptors (Lipinski definition) is 4. The van der Waals surface area contributed by atoms with E-state index < -0.39 is 16.1 Å². The molecule has 7 heteroatoms. The first-order chi connectivity index (χ1) is 10.4. The number of nitrogens with one attached hydrogen (secondary N) is 1. The lowest BCUT2D eigenvalue weighted by atomic mass is 10.1. The highest BCUT2D eigenvalue weighted by atomic mass is 35.5. The first-order valence-electron chi connectivity index (χ1n) is 6.58. The van der Waals surface area contributed by atoms with Gasteiger partial charge in [-0.1, -0.05) is 41.9 Å². The van der Waals surface area contributed by atoms with E-state index in [-0.39, 0.29) is 17.2 Å². The van der Waals surface area contributed by atoms with Gasteiger partial charge >= 0.3 is 0 Å². The van der Waals surface area contributed by atoms with Crippen LogP contribution in [-0.2, 0) is 10.0 Å². The zero-order chi connectivity index (χ0) is 16.2. The first kappa shape index (κ1) is 16.8. The van der Waals surface area contributed by atoms with Crippen molar-refractivity contribution >= 4 is 21.6 Å². The molecule has 2 aromatic carbocycles. The van der Waals surface area contributed by atoms with Gasteiger partial charge in [0.25, 0.3) is 0 Å². The second kappa shape index (κ2) is 7.11. The molecule has 0 saturated heterocycles. The normalized spacial score (nSPS) is 12.9. The van der Waals surface area contributed by atoms with Crippen LogP contribution in [0.1, 0.15) is 11.6 Å². The third-order valence-electron chi connectivity index (χ3n) is 3.14. The summed E-state index contributed by atoms with van der Waals surface area (Å²) in [6, 6.07) is 13.2. The number of halogens is 1. The Morgan fingerprint density at radius 2 is 1.91 bits per heavy atom. The average molecular weight is 341 g/mol. The van der Waals surface area contributed by atoms with E-state index in [4.69, 9.17) is 22.1 Å². The molecule has 3 N–H and O–H groups in total. The minimum Gasteiger partial charge on any atom is -0.495 e. The van der Waals surface area contributed by atoms with Crippen molar-refractivity contribution in [1.82, 2.24) is 4.72 Å². The van der Waals surface area contributed by atoms with E-state index in [1.54, 1.807) is 6.07 Å². The fourth-order valence-electron chi connectivity index (χ4n) is 1.96. The third-order valence-corrected chi connectivity index (χ3v) is 4.82. The highest BCUT2D eigenvalue weighted by molar-refractivity contribution is 7.89. The molecule has 0 radical (unpaired) electrons. The summed E-state index contributed by atoms with van der Waals surface area (Å²) in [4.78, 5) is -0.0113. The zero-order valence-electron chi connectivity index (χ0n) is 12.0. The van der Waals surface area contributed by atoms with Gasteiger partial charge in [0.1, 0.15) is 10.6 Å². The number of hydrogen-bond donors (Lipinski definition) is 2. The highest BCUT2D eigenvalue weighted by Gasteiger charge is 2.21. The number of sulfonamides is 1. The molecule has 0 aliphatic carbocycles. The molecule has 5 nitrogen and oxygen atoms in total. The van der Waals surface area contributed by atoms with Gasteiger partial charge in [-0.3, -0.25) is 0 Å². The van der Waals surface area contributed by atoms with E-state index in [1.807, 2.05) is 30.3 Å². The van der Waals surface area contributed by atoms with Crippen molar-refractivity contribution in [1.29, 1.82) is 0 Å². The largest absolute Gasteiger partial charge is 0.495 e. The molecular formula is C15H17ClN2O3S. The molecule has 2 rings (SSSR count). The summed E-state index contributed by atoms with van der Waals surface area (Å²) in [5, 5.41) is 0.313. The SMILES string of the molecule is COc1ccc(Cl)cc1S(=O)(=O)NCC(N)c1ccccc1. The molecule has 0 spiro atoms. The Labute approximate surface area is 135 Å². The fourth-order valence-corrected chi connectivity index (χ4v) is 3.45. The molecule has 0 saturated carbocycles. The molecule has 22 heavy (non-hydrogen) atoms. The predicted molar refractivity (Wildman–Crippen MR) is 86.6 cm³/mol. The monoisotopic (exact) mass is 340 g/mol. The maximum atomic E-state index is 12.4. The van der Waals surface area contributed by atoms with Crippen LogP contribution in [-0.4, -0.2) is 22.1 Å². The Hall–Kier alpha value is -1.60. The quantitative estimate of drug-likeness (QED) is 0.845. The highest BCUT2D eigenvalue weighted by Crippen LogP contribution is 2.27. The smallest absolute Gasteiger partial charge is 0.244 e. The van der Waals surface area contributed by atoms with Crippen LogP contribution in [0.15, 0.2) is 53.4 Å². The van der Waals surface area contributed by atoms with E-state index in [1.165, 1.54) is 19.2 Å². The molecular weight excluding hydrogens is 324 g/mol. The van der Waals surface area contributed by atoms with Crippen molar-refractivity contribution in [2.75, 3.05) is 13.7 Å². The van der Waals surface area contributed by atoms with E-state index in [0.29, 0.717) is 5.02 Å². The number of ether oxygens (including phenoxy) is 1. The minimum absolute atomic E-state index is 0.0113. The number of rotatable bonds is 6. The van der Waals surface area contributed by atoms with Gasteiger partial charge in [-0.15, -0.1) is 0 Å². The van der Waals surface area contributed by atoms with Gasteiger partial charge in [0.05, 0.1) is 7.11 Å². The maximum absolute atomic E-state index is 12.4. The zero-order valence-corrected chi connectivity index (χ0v) is 13.6. The van der Waals surface area contributed by atoms with E-state index >= 15 is 0 Å². The van der Waals surface area contributed by atoms with Crippen molar-refractivity contribution in [2.24, 2.45) is 5.73 Å². The van der Waals surface area contributed by atoms with Gasteiger partial charge in [-0.2, -0.15) is 0 Å². The van der Waals surface area contributed by atoms with Crippen LogP contribution in [0.4, 0.5) is 0 Å². The van der Waals surface area contributed by atoms with Crippen LogP contribution in [0.3, 0.4) is 0 Å². The molecule has 1 unspecified atom stereocenters. The van der Waals surface area contributed by atoms with Crippen molar-refractivity contribution in [3.63, 3.8) is 0 Å². The van der Waals surface area contributed by atoms with Crippen molar-refractivity contribution < 1.29 is 13.2 Å². The summed E-state index contributed by atoms with van der Waals surface area (Å²) >= 11 is 5.87. The van der Waals surface area contributed by atoms with Crippen LogP contribution >= 0.6 is 11.6 Å². The minimum atomic E-state index is -3.77. The second-order valence-electron chi connectivity index (χ2n) is 4.66. The van der Waals surface area contributed by atoms with Crippen molar-refractivity contribution in [3.8, 4) is 5.75 Å². The van der Waals surface area contributed by atoms with E-state index in [0.717, 1.165) is 5.56 Å². The summed E-state index contributed by atoms with van der Waals surface area (Å²) in [6.45, 7) is 0.0714. The lowest BCUT2D eigenvalue weighted by Crippen LogP contribution is -2.32. The first-order valence-corrected chi connectivity index (χ1v) is 8.44.